The molecule has 8 heteroatoms. The van der Waals surface area contributed by atoms with Gasteiger partial charge in [-0.05, 0) is 52.0 Å². The fourth-order valence-corrected chi connectivity index (χ4v) is 4.48. The molecular weight excluding hydrogens is 458 g/mol. The zero-order valence-electron chi connectivity index (χ0n) is 19.6. The van der Waals surface area contributed by atoms with Gasteiger partial charge in [0.25, 0.3) is 5.91 Å². The van der Waals surface area contributed by atoms with Crippen molar-refractivity contribution in [3.63, 3.8) is 0 Å². The number of carbonyl (C=O) groups excluding carboxylic acids is 1. The Hall–Kier alpha value is -2.61. The molecule has 0 aliphatic rings. The molecule has 3 rings (SSSR count). The number of ether oxygens (including phenoxy) is 2. The highest BCUT2D eigenvalue weighted by atomic mass is 35.5. The van der Waals surface area contributed by atoms with Gasteiger partial charge < -0.3 is 14.8 Å². The van der Waals surface area contributed by atoms with Crippen LogP contribution in [-0.4, -0.2) is 48.1 Å². The van der Waals surface area contributed by atoms with Gasteiger partial charge in [-0.25, -0.2) is 4.98 Å². The summed E-state index contributed by atoms with van der Waals surface area (Å²) in [6.45, 7) is 10.0. The molecule has 0 saturated heterocycles. The molecule has 3 aromatic rings. The molecule has 176 valence electrons. The highest BCUT2D eigenvalue weighted by Crippen LogP contribution is 2.31. The molecule has 0 spiro atoms. The number of hydrogen-bond acceptors (Lipinski definition) is 6. The minimum Gasteiger partial charge on any atom is -0.493 e. The normalized spacial score (nSPS) is 11.3. The Labute approximate surface area is 204 Å². The molecule has 33 heavy (non-hydrogen) atoms. The molecule has 0 radical (unpaired) electrons. The summed E-state index contributed by atoms with van der Waals surface area (Å²) in [6.07, 6.45) is 1.58. The van der Waals surface area contributed by atoms with E-state index in [1.165, 1.54) is 11.3 Å². The zero-order valence-corrected chi connectivity index (χ0v) is 21.2. The molecule has 1 N–H and O–H groups in total. The first-order valence-corrected chi connectivity index (χ1v) is 12.1. The van der Waals surface area contributed by atoms with Crippen molar-refractivity contribution in [1.29, 1.82) is 0 Å². The molecule has 0 fully saturated rings. The Balaban J connectivity index is 1.67. The number of halogens is 1. The van der Waals surface area contributed by atoms with Crippen LogP contribution >= 0.6 is 22.9 Å². The fraction of sp³-hybridized carbons (Fsp3) is 0.360. The van der Waals surface area contributed by atoms with E-state index in [9.17, 15) is 4.79 Å². The van der Waals surface area contributed by atoms with Crippen LogP contribution in [0.3, 0.4) is 0 Å². The van der Waals surface area contributed by atoms with Crippen molar-refractivity contribution < 1.29 is 14.3 Å². The lowest BCUT2D eigenvalue weighted by molar-refractivity contribution is 0.103. The second-order valence-electron chi connectivity index (χ2n) is 8.13. The molecule has 1 aromatic heterocycles. The minimum absolute atomic E-state index is 0.227. The van der Waals surface area contributed by atoms with Crippen molar-refractivity contribution in [3.8, 4) is 22.1 Å². The zero-order chi connectivity index (χ0) is 24.0. The third-order valence-corrected chi connectivity index (χ3v) is 6.47. The first kappa shape index (κ1) is 25.0. The van der Waals surface area contributed by atoms with E-state index in [4.69, 9.17) is 21.1 Å². The smallest absolute Gasteiger partial charge is 0.267 e. The number of hydrogen-bond donors (Lipinski definition) is 1. The van der Waals surface area contributed by atoms with E-state index in [0.717, 1.165) is 17.1 Å². The number of nitrogens with zero attached hydrogens (tertiary/aromatic N) is 2. The number of nitrogens with one attached hydrogen (secondary N) is 1. The average molecular weight is 488 g/mol. The molecule has 1 heterocycles. The highest BCUT2D eigenvalue weighted by Gasteiger charge is 2.16. The minimum atomic E-state index is -0.227. The summed E-state index contributed by atoms with van der Waals surface area (Å²) < 4.78 is 11.5. The summed E-state index contributed by atoms with van der Waals surface area (Å²) in [4.78, 5) is 20.0. The molecule has 0 atom stereocenters. The van der Waals surface area contributed by atoms with Crippen LogP contribution in [0, 0.1) is 0 Å². The van der Waals surface area contributed by atoms with E-state index in [0.29, 0.717) is 45.8 Å². The molecule has 0 aliphatic carbocycles. The van der Waals surface area contributed by atoms with Gasteiger partial charge in [0.15, 0.2) is 11.5 Å². The van der Waals surface area contributed by atoms with E-state index >= 15 is 0 Å². The predicted octanol–water partition coefficient (Wildman–Crippen LogP) is 6.22. The van der Waals surface area contributed by atoms with E-state index in [-0.39, 0.29) is 5.91 Å². The van der Waals surface area contributed by atoms with E-state index in [1.54, 1.807) is 43.6 Å². The number of benzene rings is 2. The lowest BCUT2D eigenvalue weighted by atomic mass is 10.2. The monoisotopic (exact) mass is 487 g/mol. The SMILES string of the molecule is COc1ccc(NC(=O)c2cnc(-c3ccc(Cl)cc3)s2)cc1OCCN(C(C)C)C(C)C. The van der Waals surface area contributed by atoms with E-state index < -0.39 is 0 Å². The summed E-state index contributed by atoms with van der Waals surface area (Å²) in [5, 5.41) is 4.34. The Morgan fingerprint density at radius 3 is 2.42 bits per heavy atom. The van der Waals surface area contributed by atoms with Crippen LogP contribution in [0.2, 0.25) is 5.02 Å². The summed E-state index contributed by atoms with van der Waals surface area (Å²) >= 11 is 7.28. The number of amides is 1. The molecule has 0 bridgehead atoms. The molecular formula is C25H30ClN3O3S. The largest absolute Gasteiger partial charge is 0.493 e. The number of rotatable bonds is 10. The number of carbonyl (C=O) groups is 1. The average Bonchev–Trinajstić information content (AvgIpc) is 3.27. The van der Waals surface area contributed by atoms with Gasteiger partial charge >= 0.3 is 0 Å². The summed E-state index contributed by atoms with van der Waals surface area (Å²) in [6, 6.07) is 13.6. The lowest BCUT2D eigenvalue weighted by Gasteiger charge is -2.30. The third kappa shape index (κ3) is 6.69. The first-order chi connectivity index (χ1) is 15.8. The predicted molar refractivity (Wildman–Crippen MR) is 136 cm³/mol. The van der Waals surface area contributed by atoms with Crippen LogP contribution in [0.15, 0.2) is 48.7 Å². The quantitative estimate of drug-likeness (QED) is 0.367. The van der Waals surface area contributed by atoms with Gasteiger partial charge in [-0.3, -0.25) is 9.69 Å². The maximum absolute atomic E-state index is 12.8. The van der Waals surface area contributed by atoms with Crippen molar-refractivity contribution in [2.75, 3.05) is 25.6 Å². The van der Waals surface area contributed by atoms with E-state index in [1.807, 2.05) is 12.1 Å². The second kappa shape index (κ2) is 11.5. The first-order valence-electron chi connectivity index (χ1n) is 10.9. The number of aromatic nitrogens is 1. The van der Waals surface area contributed by atoms with Crippen LogP contribution in [0.25, 0.3) is 10.6 Å². The van der Waals surface area contributed by atoms with E-state index in [2.05, 4.69) is 42.9 Å². The van der Waals surface area contributed by atoms with Crippen LogP contribution in [0.5, 0.6) is 11.5 Å². The van der Waals surface area contributed by atoms with Gasteiger partial charge in [-0.2, -0.15) is 0 Å². The van der Waals surface area contributed by atoms with Crippen molar-refractivity contribution >= 4 is 34.5 Å². The van der Waals surface area contributed by atoms with Crippen LogP contribution in [0.4, 0.5) is 5.69 Å². The number of thiazole rings is 1. The molecule has 0 unspecified atom stereocenters. The van der Waals surface area contributed by atoms with Gasteiger partial charge in [0.2, 0.25) is 0 Å². The summed E-state index contributed by atoms with van der Waals surface area (Å²) in [5.74, 6) is 0.986. The molecule has 6 nitrogen and oxygen atoms in total. The molecule has 1 amide bonds. The Kier molecular flexibility index (Phi) is 8.72. The third-order valence-electron chi connectivity index (χ3n) is 5.18. The lowest BCUT2D eigenvalue weighted by Crippen LogP contribution is -2.39. The van der Waals surface area contributed by atoms with Gasteiger partial charge in [0, 0.05) is 41.0 Å². The van der Waals surface area contributed by atoms with Crippen LogP contribution in [0.1, 0.15) is 37.4 Å². The maximum Gasteiger partial charge on any atom is 0.267 e. The highest BCUT2D eigenvalue weighted by molar-refractivity contribution is 7.17. The van der Waals surface area contributed by atoms with Gasteiger partial charge in [0.1, 0.15) is 16.5 Å². The topological polar surface area (TPSA) is 63.7 Å². The number of methoxy groups -OCH3 is 1. The summed E-state index contributed by atoms with van der Waals surface area (Å²) in [5.41, 5.74) is 1.54. The van der Waals surface area contributed by atoms with Crippen LogP contribution < -0.4 is 14.8 Å². The fourth-order valence-electron chi connectivity index (χ4n) is 3.54. The maximum atomic E-state index is 12.8. The molecule has 0 aliphatic heterocycles. The van der Waals surface area contributed by atoms with Gasteiger partial charge in [-0.15, -0.1) is 11.3 Å². The van der Waals surface area contributed by atoms with Gasteiger partial charge in [-0.1, -0.05) is 23.7 Å². The van der Waals surface area contributed by atoms with Crippen molar-refractivity contribution in [1.82, 2.24) is 9.88 Å². The Morgan fingerprint density at radius 2 is 1.79 bits per heavy atom. The van der Waals surface area contributed by atoms with Crippen molar-refractivity contribution in [2.24, 2.45) is 0 Å². The van der Waals surface area contributed by atoms with Crippen LogP contribution in [-0.2, 0) is 0 Å². The Bertz CT molecular complexity index is 1060. The van der Waals surface area contributed by atoms with Gasteiger partial charge in [0.05, 0.1) is 13.3 Å². The molecule has 0 saturated carbocycles. The molecule has 2 aromatic carbocycles. The van der Waals surface area contributed by atoms with Crippen molar-refractivity contribution in [3.05, 3.63) is 58.6 Å². The Morgan fingerprint density at radius 1 is 1.09 bits per heavy atom. The number of anilines is 1. The summed E-state index contributed by atoms with van der Waals surface area (Å²) in [7, 11) is 1.60. The standard InChI is InChI=1S/C25H30ClN3O3S/c1-16(2)29(17(3)4)12-13-32-22-14-20(10-11-21(22)31-5)28-24(30)23-15-27-25(33-23)18-6-8-19(26)9-7-18/h6-11,14-17H,12-13H2,1-5H3,(H,28,30). The van der Waals surface area contributed by atoms with Crippen molar-refractivity contribution in [2.45, 2.75) is 39.8 Å². The second-order valence-corrected chi connectivity index (χ2v) is 9.60.